The van der Waals surface area contributed by atoms with Gasteiger partial charge >= 0.3 is 0 Å². The van der Waals surface area contributed by atoms with Gasteiger partial charge in [-0.1, -0.05) is 48.0 Å². The van der Waals surface area contributed by atoms with Crippen molar-refractivity contribution in [1.82, 2.24) is 5.32 Å². The summed E-state index contributed by atoms with van der Waals surface area (Å²) >= 11 is 7.40. The average molecular weight is 646 g/mol. The summed E-state index contributed by atoms with van der Waals surface area (Å²) in [5, 5.41) is 8.39. The molecule has 1 atom stereocenters. The number of halogens is 1. The number of hydrogen-bond donors (Lipinski definition) is 3. The molecule has 0 saturated carbocycles. The van der Waals surface area contributed by atoms with Gasteiger partial charge in [0, 0.05) is 26.7 Å². The van der Waals surface area contributed by atoms with Gasteiger partial charge in [0.05, 0.1) is 32.3 Å². The highest BCUT2D eigenvalue weighted by Gasteiger charge is 2.19. The summed E-state index contributed by atoms with van der Waals surface area (Å²) in [6.07, 6.45) is 1.52. The molecule has 0 spiro atoms. The van der Waals surface area contributed by atoms with Gasteiger partial charge in [-0.2, -0.15) is 0 Å². The van der Waals surface area contributed by atoms with Gasteiger partial charge in [-0.15, -0.1) is 11.8 Å². The van der Waals surface area contributed by atoms with E-state index in [9.17, 15) is 14.4 Å². The Bertz CT molecular complexity index is 1710. The van der Waals surface area contributed by atoms with Crippen LogP contribution >= 0.6 is 23.4 Å². The minimum Gasteiger partial charge on any atom is -0.495 e. The Balaban J connectivity index is 1.54. The lowest BCUT2D eigenvalue weighted by atomic mass is 10.1. The van der Waals surface area contributed by atoms with E-state index in [4.69, 9.17) is 25.8 Å². The molecule has 0 saturated heterocycles. The van der Waals surface area contributed by atoms with Gasteiger partial charge in [-0.25, -0.2) is 0 Å². The second kappa shape index (κ2) is 15.7. The minimum absolute atomic E-state index is 0.0170. The Labute approximate surface area is 270 Å². The average Bonchev–Trinajstić information content (AvgIpc) is 3.04. The van der Waals surface area contributed by atoms with Crippen molar-refractivity contribution in [2.45, 2.75) is 17.1 Å². The van der Waals surface area contributed by atoms with Crippen molar-refractivity contribution in [2.75, 3.05) is 32.0 Å². The van der Waals surface area contributed by atoms with Gasteiger partial charge in [0.25, 0.3) is 11.8 Å². The lowest BCUT2D eigenvalue weighted by Crippen LogP contribution is -2.30. The molecule has 3 amide bonds. The molecular formula is C34H32ClN3O6S. The van der Waals surface area contributed by atoms with Crippen molar-refractivity contribution in [3.8, 4) is 17.2 Å². The molecule has 232 valence electrons. The van der Waals surface area contributed by atoms with Gasteiger partial charge in [-0.05, 0) is 67.6 Å². The van der Waals surface area contributed by atoms with E-state index in [1.54, 1.807) is 91.9 Å². The minimum atomic E-state index is -0.565. The summed E-state index contributed by atoms with van der Waals surface area (Å²) in [5.41, 5.74) is 1.82. The molecule has 4 aromatic rings. The van der Waals surface area contributed by atoms with Crippen molar-refractivity contribution in [3.05, 3.63) is 113 Å². The summed E-state index contributed by atoms with van der Waals surface area (Å²) < 4.78 is 16.2. The van der Waals surface area contributed by atoms with E-state index < -0.39 is 17.1 Å². The van der Waals surface area contributed by atoms with Crippen molar-refractivity contribution >= 4 is 58.5 Å². The number of thioether (sulfide) groups is 1. The largest absolute Gasteiger partial charge is 0.495 e. The van der Waals surface area contributed by atoms with Crippen LogP contribution in [0.25, 0.3) is 6.08 Å². The predicted molar refractivity (Wildman–Crippen MR) is 178 cm³/mol. The number of amides is 3. The molecule has 11 heteroatoms. The first-order chi connectivity index (χ1) is 21.7. The van der Waals surface area contributed by atoms with Crippen LogP contribution in [0.3, 0.4) is 0 Å². The van der Waals surface area contributed by atoms with Crippen molar-refractivity contribution in [2.24, 2.45) is 0 Å². The van der Waals surface area contributed by atoms with Gasteiger partial charge in [-0.3, -0.25) is 14.4 Å². The first-order valence-electron chi connectivity index (χ1n) is 13.7. The van der Waals surface area contributed by atoms with E-state index in [0.29, 0.717) is 44.8 Å². The Morgan fingerprint density at radius 1 is 0.800 bits per heavy atom. The highest BCUT2D eigenvalue weighted by molar-refractivity contribution is 8.00. The van der Waals surface area contributed by atoms with Crippen LogP contribution in [0.2, 0.25) is 5.02 Å². The third-order valence-electron chi connectivity index (χ3n) is 6.46. The van der Waals surface area contributed by atoms with E-state index in [0.717, 1.165) is 4.90 Å². The second-order valence-corrected chi connectivity index (χ2v) is 11.4. The Morgan fingerprint density at radius 2 is 1.53 bits per heavy atom. The number of carbonyl (C=O) groups excluding carboxylic acids is 3. The zero-order chi connectivity index (χ0) is 32.3. The van der Waals surface area contributed by atoms with Crippen LogP contribution in [0, 0.1) is 0 Å². The first-order valence-corrected chi connectivity index (χ1v) is 15.0. The molecular weight excluding hydrogens is 614 g/mol. The van der Waals surface area contributed by atoms with E-state index >= 15 is 0 Å². The van der Waals surface area contributed by atoms with Crippen molar-refractivity contribution in [3.63, 3.8) is 0 Å². The van der Waals surface area contributed by atoms with Crippen LogP contribution < -0.4 is 30.2 Å². The molecule has 0 aliphatic heterocycles. The standard InChI is InChI=1S/C34H32ClN3O6S/c1-21(32(39)37-27-19-24(35)16-17-29(27)42-2)45-26-14-9-13-25(20-26)36-34(41)28(38-33(40)22-10-6-5-7-11-22)18-23-12-8-15-30(43-3)31(23)44-4/h5-21H,1-4H3,(H,36,41)(H,37,39)(H,38,40)/b28-18+. The van der Waals surface area contributed by atoms with Gasteiger partial charge in [0.2, 0.25) is 5.91 Å². The number of benzene rings is 4. The van der Waals surface area contributed by atoms with Gasteiger partial charge in [0.1, 0.15) is 11.4 Å². The Kier molecular flexibility index (Phi) is 11.5. The number of carbonyl (C=O) groups is 3. The summed E-state index contributed by atoms with van der Waals surface area (Å²) in [5.74, 6) is 0.0856. The number of rotatable bonds is 12. The molecule has 9 nitrogen and oxygen atoms in total. The van der Waals surface area contributed by atoms with Crippen LogP contribution in [0.1, 0.15) is 22.8 Å². The molecule has 0 heterocycles. The molecule has 4 aromatic carbocycles. The van der Waals surface area contributed by atoms with E-state index in [-0.39, 0.29) is 11.6 Å². The van der Waals surface area contributed by atoms with Crippen LogP contribution in [0.4, 0.5) is 11.4 Å². The molecule has 0 aliphatic rings. The zero-order valence-corrected chi connectivity index (χ0v) is 26.6. The van der Waals surface area contributed by atoms with E-state index in [1.165, 1.54) is 39.2 Å². The molecule has 4 rings (SSSR count). The summed E-state index contributed by atoms with van der Waals surface area (Å²) in [6.45, 7) is 1.77. The third kappa shape index (κ3) is 8.81. The Morgan fingerprint density at radius 3 is 2.24 bits per heavy atom. The number of ether oxygens (including phenoxy) is 3. The second-order valence-electron chi connectivity index (χ2n) is 9.54. The molecule has 0 fully saturated rings. The van der Waals surface area contributed by atoms with Crippen LogP contribution in [-0.2, 0) is 9.59 Å². The highest BCUT2D eigenvalue weighted by Crippen LogP contribution is 2.33. The van der Waals surface area contributed by atoms with Gasteiger partial charge in [0.15, 0.2) is 11.5 Å². The maximum atomic E-state index is 13.6. The SMILES string of the molecule is COc1ccc(Cl)cc1NC(=O)C(C)Sc1cccc(NC(=O)/C(=C\c2cccc(OC)c2OC)NC(=O)c2ccccc2)c1. The molecule has 1 unspecified atom stereocenters. The maximum absolute atomic E-state index is 13.6. The zero-order valence-electron chi connectivity index (χ0n) is 25.1. The van der Waals surface area contributed by atoms with Crippen molar-refractivity contribution < 1.29 is 28.6 Å². The van der Waals surface area contributed by atoms with E-state index in [2.05, 4.69) is 16.0 Å². The molecule has 0 aliphatic carbocycles. The number of hydrogen-bond acceptors (Lipinski definition) is 7. The first kappa shape index (κ1) is 33.0. The summed E-state index contributed by atoms with van der Waals surface area (Å²) in [7, 11) is 4.52. The van der Waals surface area contributed by atoms with Crippen LogP contribution in [0.15, 0.2) is 102 Å². The lowest BCUT2D eigenvalue weighted by molar-refractivity contribution is -0.115. The smallest absolute Gasteiger partial charge is 0.272 e. The molecule has 0 radical (unpaired) electrons. The van der Waals surface area contributed by atoms with Crippen LogP contribution in [-0.4, -0.2) is 44.3 Å². The lowest BCUT2D eigenvalue weighted by Gasteiger charge is -2.16. The number of nitrogens with one attached hydrogen (secondary N) is 3. The third-order valence-corrected chi connectivity index (χ3v) is 7.78. The predicted octanol–water partition coefficient (Wildman–Crippen LogP) is 6.89. The number of anilines is 2. The fourth-order valence-corrected chi connectivity index (χ4v) is 5.34. The molecule has 45 heavy (non-hydrogen) atoms. The normalized spacial score (nSPS) is 11.6. The van der Waals surface area contributed by atoms with Gasteiger partial charge < -0.3 is 30.2 Å². The van der Waals surface area contributed by atoms with E-state index in [1.807, 2.05) is 6.07 Å². The summed E-state index contributed by atoms with van der Waals surface area (Å²) in [6, 6.07) is 25.8. The monoisotopic (exact) mass is 645 g/mol. The fraction of sp³-hybridized carbons (Fsp3) is 0.147. The maximum Gasteiger partial charge on any atom is 0.272 e. The molecule has 0 bridgehead atoms. The summed E-state index contributed by atoms with van der Waals surface area (Å²) in [4.78, 5) is 40.4. The highest BCUT2D eigenvalue weighted by atomic mass is 35.5. The Hall–Kier alpha value is -4.93. The number of methoxy groups -OCH3 is 3. The number of para-hydroxylation sites is 1. The molecule has 3 N–H and O–H groups in total. The van der Waals surface area contributed by atoms with Crippen molar-refractivity contribution in [1.29, 1.82) is 0 Å². The quantitative estimate of drug-likeness (QED) is 0.113. The molecule has 0 aromatic heterocycles. The van der Waals surface area contributed by atoms with Crippen LogP contribution in [0.5, 0.6) is 17.2 Å². The fourth-order valence-electron chi connectivity index (χ4n) is 4.24. The topological polar surface area (TPSA) is 115 Å².